The molecule has 14 heavy (non-hydrogen) atoms. The Bertz CT molecular complexity index is 343. The van der Waals surface area contributed by atoms with E-state index in [9.17, 15) is 0 Å². The van der Waals surface area contributed by atoms with E-state index in [-0.39, 0.29) is 6.04 Å². The third kappa shape index (κ3) is 1.55. The van der Waals surface area contributed by atoms with E-state index in [1.54, 1.807) is 0 Å². The van der Waals surface area contributed by atoms with Crippen LogP contribution in [0.3, 0.4) is 0 Å². The summed E-state index contributed by atoms with van der Waals surface area (Å²) in [5.41, 5.74) is 7.10. The molecule has 0 saturated carbocycles. The van der Waals surface area contributed by atoms with Crippen molar-refractivity contribution in [3.8, 4) is 0 Å². The molecule has 1 aliphatic heterocycles. The van der Waals surface area contributed by atoms with Gasteiger partial charge < -0.3 is 10.3 Å². The van der Waals surface area contributed by atoms with Crippen LogP contribution in [0.5, 0.6) is 0 Å². The summed E-state index contributed by atoms with van der Waals surface area (Å²) in [6, 6.07) is 0.255. The van der Waals surface area contributed by atoms with Crippen molar-refractivity contribution in [3.63, 3.8) is 0 Å². The van der Waals surface area contributed by atoms with Gasteiger partial charge in [0.25, 0.3) is 0 Å². The van der Waals surface area contributed by atoms with Gasteiger partial charge in [0.1, 0.15) is 5.82 Å². The molecule has 3 nitrogen and oxygen atoms in total. The predicted molar refractivity (Wildman–Crippen MR) is 57.6 cm³/mol. The van der Waals surface area contributed by atoms with Crippen LogP contribution in [-0.4, -0.2) is 15.6 Å². The fraction of sp³-hybridized carbons (Fsp3) is 0.700. The van der Waals surface area contributed by atoms with E-state index in [1.807, 2.05) is 0 Å². The number of imidazole rings is 1. The molecule has 0 spiro atoms. The number of rotatable bonds is 1. The van der Waals surface area contributed by atoms with Crippen LogP contribution in [0.1, 0.15) is 37.7 Å². The van der Waals surface area contributed by atoms with Crippen molar-refractivity contribution < 1.29 is 0 Å². The summed E-state index contributed by atoms with van der Waals surface area (Å²) in [5, 5.41) is 0.667. The van der Waals surface area contributed by atoms with Crippen molar-refractivity contribution in [3.05, 3.63) is 16.7 Å². The Hall–Kier alpha value is -0.540. The molecule has 1 atom stereocenters. The van der Waals surface area contributed by atoms with Gasteiger partial charge in [-0.05, 0) is 12.8 Å². The normalized spacial score (nSPS) is 21.4. The summed E-state index contributed by atoms with van der Waals surface area (Å²) < 4.78 is 2.20. The molecule has 0 aromatic carbocycles. The highest BCUT2D eigenvalue weighted by atomic mass is 35.5. The van der Waals surface area contributed by atoms with E-state index in [1.165, 1.54) is 0 Å². The van der Waals surface area contributed by atoms with Crippen LogP contribution in [0.25, 0.3) is 0 Å². The molecule has 1 unspecified atom stereocenters. The zero-order valence-electron chi connectivity index (χ0n) is 8.63. The number of hydrogen-bond donors (Lipinski definition) is 1. The van der Waals surface area contributed by atoms with Crippen LogP contribution in [0.15, 0.2) is 0 Å². The van der Waals surface area contributed by atoms with E-state index in [2.05, 4.69) is 23.4 Å². The standard InChI is InChI=1S/C10H16ClN3/c1-6(2)10-13-9(11)8-4-3-7(12)5-14(8)10/h6-7H,3-5,12H2,1-2H3. The Labute approximate surface area is 89.3 Å². The van der Waals surface area contributed by atoms with E-state index in [0.29, 0.717) is 11.1 Å². The van der Waals surface area contributed by atoms with Gasteiger partial charge in [-0.25, -0.2) is 4.98 Å². The average molecular weight is 214 g/mol. The molecule has 2 heterocycles. The lowest BCUT2D eigenvalue weighted by molar-refractivity contribution is 0.443. The molecule has 0 aliphatic carbocycles. The SMILES string of the molecule is CC(C)c1nc(Cl)c2n1CC(N)CC2. The first-order valence-electron chi connectivity index (χ1n) is 5.10. The molecule has 1 aromatic heterocycles. The Morgan fingerprint density at radius 1 is 1.57 bits per heavy atom. The lowest BCUT2D eigenvalue weighted by Gasteiger charge is -2.23. The minimum Gasteiger partial charge on any atom is -0.329 e. The van der Waals surface area contributed by atoms with Gasteiger partial charge in [0.05, 0.1) is 5.69 Å². The maximum atomic E-state index is 6.08. The van der Waals surface area contributed by atoms with Gasteiger partial charge in [-0.1, -0.05) is 25.4 Å². The summed E-state index contributed by atoms with van der Waals surface area (Å²) in [6.45, 7) is 5.13. The number of aromatic nitrogens is 2. The van der Waals surface area contributed by atoms with Crippen molar-refractivity contribution in [2.75, 3.05) is 0 Å². The number of nitrogens with zero attached hydrogens (tertiary/aromatic N) is 2. The molecule has 2 N–H and O–H groups in total. The van der Waals surface area contributed by atoms with Crippen molar-refractivity contribution in [1.82, 2.24) is 9.55 Å². The zero-order chi connectivity index (χ0) is 10.3. The summed E-state index contributed by atoms with van der Waals surface area (Å²) >= 11 is 6.08. The van der Waals surface area contributed by atoms with E-state index >= 15 is 0 Å². The Kier molecular flexibility index (Phi) is 2.54. The molecule has 0 fully saturated rings. The smallest absolute Gasteiger partial charge is 0.150 e. The number of hydrogen-bond acceptors (Lipinski definition) is 2. The van der Waals surface area contributed by atoms with Crippen LogP contribution in [0.4, 0.5) is 0 Å². The molecule has 4 heteroatoms. The first-order chi connectivity index (χ1) is 6.59. The quantitative estimate of drug-likeness (QED) is 0.775. The maximum Gasteiger partial charge on any atom is 0.150 e. The molecule has 78 valence electrons. The van der Waals surface area contributed by atoms with Gasteiger partial charge in [0.15, 0.2) is 5.15 Å². The zero-order valence-corrected chi connectivity index (χ0v) is 9.38. The van der Waals surface area contributed by atoms with Crippen LogP contribution in [0.2, 0.25) is 5.15 Å². The molecular formula is C10H16ClN3. The first-order valence-corrected chi connectivity index (χ1v) is 5.47. The number of nitrogens with two attached hydrogens (primary N) is 1. The fourth-order valence-corrected chi connectivity index (χ4v) is 2.29. The molecular weight excluding hydrogens is 198 g/mol. The van der Waals surface area contributed by atoms with Gasteiger partial charge >= 0.3 is 0 Å². The van der Waals surface area contributed by atoms with Crippen LogP contribution < -0.4 is 5.73 Å². The highest BCUT2D eigenvalue weighted by Gasteiger charge is 2.23. The van der Waals surface area contributed by atoms with Gasteiger partial charge in [-0.2, -0.15) is 0 Å². The summed E-state index contributed by atoms with van der Waals surface area (Å²) in [4.78, 5) is 4.40. The second kappa shape index (κ2) is 3.55. The summed E-state index contributed by atoms with van der Waals surface area (Å²) in [5.74, 6) is 1.48. The van der Waals surface area contributed by atoms with Gasteiger partial charge in [0, 0.05) is 18.5 Å². The molecule has 1 aromatic rings. The molecule has 0 radical (unpaired) electrons. The summed E-state index contributed by atoms with van der Waals surface area (Å²) in [6.07, 6.45) is 1.97. The number of halogens is 1. The monoisotopic (exact) mass is 213 g/mol. The van der Waals surface area contributed by atoms with Crippen LogP contribution in [-0.2, 0) is 13.0 Å². The van der Waals surface area contributed by atoms with Crippen molar-refractivity contribution >= 4 is 11.6 Å². The highest BCUT2D eigenvalue weighted by molar-refractivity contribution is 6.30. The third-order valence-corrected chi connectivity index (χ3v) is 3.04. The van der Waals surface area contributed by atoms with Crippen molar-refractivity contribution in [1.29, 1.82) is 0 Å². The highest BCUT2D eigenvalue weighted by Crippen LogP contribution is 2.27. The molecule has 0 bridgehead atoms. The minimum atomic E-state index is 0.255. The average Bonchev–Trinajstić information content (AvgIpc) is 2.43. The Balaban J connectivity index is 2.45. The van der Waals surface area contributed by atoms with Crippen LogP contribution >= 0.6 is 11.6 Å². The first kappa shape index (κ1) is 9.99. The molecule has 0 amide bonds. The van der Waals surface area contributed by atoms with Gasteiger partial charge in [-0.15, -0.1) is 0 Å². The fourth-order valence-electron chi connectivity index (χ4n) is 2.01. The van der Waals surface area contributed by atoms with Gasteiger partial charge in [0.2, 0.25) is 0 Å². The van der Waals surface area contributed by atoms with Gasteiger partial charge in [-0.3, -0.25) is 0 Å². The molecule has 1 aliphatic rings. The topological polar surface area (TPSA) is 43.8 Å². The maximum absolute atomic E-state index is 6.08. The lowest BCUT2D eigenvalue weighted by Crippen LogP contribution is -2.32. The largest absolute Gasteiger partial charge is 0.329 e. The Morgan fingerprint density at radius 3 is 2.93 bits per heavy atom. The second-order valence-corrected chi connectivity index (χ2v) is 4.63. The molecule has 2 rings (SSSR count). The summed E-state index contributed by atoms with van der Waals surface area (Å²) in [7, 11) is 0. The van der Waals surface area contributed by atoms with E-state index in [0.717, 1.165) is 30.9 Å². The third-order valence-electron chi connectivity index (χ3n) is 2.74. The minimum absolute atomic E-state index is 0.255. The lowest BCUT2D eigenvalue weighted by atomic mass is 10.1. The van der Waals surface area contributed by atoms with E-state index < -0.39 is 0 Å². The van der Waals surface area contributed by atoms with Crippen molar-refractivity contribution in [2.24, 2.45) is 5.73 Å². The van der Waals surface area contributed by atoms with E-state index in [4.69, 9.17) is 17.3 Å². The van der Waals surface area contributed by atoms with Crippen molar-refractivity contribution in [2.45, 2.75) is 45.2 Å². The molecule has 0 saturated heterocycles. The Morgan fingerprint density at radius 2 is 2.29 bits per heavy atom. The predicted octanol–water partition coefficient (Wildman–Crippen LogP) is 1.93. The second-order valence-electron chi connectivity index (χ2n) is 4.27. The van der Waals surface area contributed by atoms with Crippen LogP contribution in [0, 0.1) is 0 Å². The number of fused-ring (bicyclic) bond motifs is 1.